The Morgan fingerprint density at radius 3 is 2.63 bits per heavy atom. The quantitative estimate of drug-likeness (QED) is 0.637. The average Bonchev–Trinajstić information content (AvgIpc) is 2.37. The Morgan fingerprint density at radius 2 is 2.00 bits per heavy atom. The van der Waals surface area contributed by atoms with E-state index in [1.165, 1.54) is 0 Å². The van der Waals surface area contributed by atoms with Crippen molar-refractivity contribution in [3.05, 3.63) is 46.4 Å². The smallest absolute Gasteiger partial charge is 0.156 e. The molecule has 0 N–H and O–H groups in total. The summed E-state index contributed by atoms with van der Waals surface area (Å²) in [7, 11) is 1.85. The number of anilines is 2. The number of benzene rings is 1. The number of aryl methyl sites for hydroxylation is 2. The highest BCUT2D eigenvalue weighted by molar-refractivity contribution is 6.32. The van der Waals surface area contributed by atoms with Gasteiger partial charge in [-0.3, -0.25) is 4.79 Å². The van der Waals surface area contributed by atoms with Gasteiger partial charge in [0.25, 0.3) is 0 Å². The molecule has 0 unspecified atom stereocenters. The van der Waals surface area contributed by atoms with Gasteiger partial charge in [-0.05, 0) is 31.5 Å². The van der Waals surface area contributed by atoms with Crippen LogP contribution in [-0.2, 0) is 0 Å². The lowest BCUT2D eigenvalue weighted by Gasteiger charge is -2.20. The van der Waals surface area contributed by atoms with E-state index in [2.05, 4.69) is 9.97 Å². The van der Waals surface area contributed by atoms with Gasteiger partial charge in [0.1, 0.15) is 16.8 Å². The first-order chi connectivity index (χ1) is 9.02. The number of hydrogen-bond donors (Lipinski definition) is 0. The van der Waals surface area contributed by atoms with Gasteiger partial charge in [-0.15, -0.1) is 0 Å². The summed E-state index contributed by atoms with van der Waals surface area (Å²) in [5.74, 6) is 1.04. The zero-order chi connectivity index (χ0) is 14.0. The Balaban J connectivity index is 2.55. The van der Waals surface area contributed by atoms with Crippen molar-refractivity contribution in [2.45, 2.75) is 13.8 Å². The highest BCUT2D eigenvalue weighted by Gasteiger charge is 2.16. The fourth-order valence-electron chi connectivity index (χ4n) is 1.85. The molecule has 0 aliphatic heterocycles. The van der Waals surface area contributed by atoms with E-state index < -0.39 is 0 Å². The number of carbonyl (C=O) groups excluding carboxylic acids is 1. The van der Waals surface area contributed by atoms with E-state index in [1.807, 2.05) is 43.1 Å². The van der Waals surface area contributed by atoms with Crippen LogP contribution in [0, 0.1) is 13.8 Å². The molecule has 0 saturated heterocycles. The van der Waals surface area contributed by atoms with Gasteiger partial charge in [-0.25, -0.2) is 9.97 Å². The van der Waals surface area contributed by atoms with Crippen molar-refractivity contribution in [3.8, 4) is 0 Å². The maximum absolute atomic E-state index is 11.2. The third-order valence-electron chi connectivity index (χ3n) is 2.82. The second-order valence-corrected chi connectivity index (χ2v) is 4.67. The summed E-state index contributed by atoms with van der Waals surface area (Å²) >= 11 is 5.99. The van der Waals surface area contributed by atoms with Gasteiger partial charge in [-0.1, -0.05) is 23.7 Å². The molecular formula is C14H14ClN3O. The molecule has 98 valence electrons. The second kappa shape index (κ2) is 5.36. The van der Waals surface area contributed by atoms with Crippen molar-refractivity contribution >= 4 is 29.4 Å². The van der Waals surface area contributed by atoms with Gasteiger partial charge in [0.05, 0.1) is 5.56 Å². The van der Waals surface area contributed by atoms with E-state index in [4.69, 9.17) is 11.6 Å². The largest absolute Gasteiger partial charge is 0.329 e. The number of rotatable bonds is 3. The lowest BCUT2D eigenvalue weighted by Crippen LogP contribution is -2.15. The molecule has 19 heavy (non-hydrogen) atoms. The summed E-state index contributed by atoms with van der Waals surface area (Å²) in [6.45, 7) is 3.75. The number of hydrogen-bond acceptors (Lipinski definition) is 4. The van der Waals surface area contributed by atoms with Gasteiger partial charge in [0.2, 0.25) is 0 Å². The molecule has 1 heterocycles. The van der Waals surface area contributed by atoms with Crippen molar-refractivity contribution in [3.63, 3.8) is 0 Å². The minimum absolute atomic E-state index is 0.178. The van der Waals surface area contributed by atoms with Crippen LogP contribution in [0.15, 0.2) is 24.3 Å². The third kappa shape index (κ3) is 2.74. The van der Waals surface area contributed by atoms with Gasteiger partial charge in [-0.2, -0.15) is 0 Å². The number of nitrogens with zero attached hydrogens (tertiary/aromatic N) is 3. The molecule has 0 fully saturated rings. The van der Waals surface area contributed by atoms with Crippen molar-refractivity contribution < 1.29 is 4.79 Å². The SMILES string of the molecule is Cc1cccc(N(C)c2nc(C)nc(Cl)c2C=O)c1. The van der Waals surface area contributed by atoms with Crippen molar-refractivity contribution in [1.29, 1.82) is 0 Å². The molecule has 0 amide bonds. The number of carbonyl (C=O) groups is 1. The average molecular weight is 276 g/mol. The number of halogens is 1. The fraction of sp³-hybridized carbons (Fsp3) is 0.214. The normalized spacial score (nSPS) is 10.3. The van der Waals surface area contributed by atoms with E-state index in [-0.39, 0.29) is 5.15 Å². The summed E-state index contributed by atoms with van der Waals surface area (Å²) in [5, 5.41) is 0.178. The predicted octanol–water partition coefficient (Wildman–Crippen LogP) is 3.33. The topological polar surface area (TPSA) is 46.1 Å². The van der Waals surface area contributed by atoms with Gasteiger partial charge < -0.3 is 4.90 Å². The lowest BCUT2D eigenvalue weighted by molar-refractivity contribution is 0.112. The molecule has 0 radical (unpaired) electrons. The highest BCUT2D eigenvalue weighted by atomic mass is 35.5. The molecule has 0 bridgehead atoms. The summed E-state index contributed by atoms with van der Waals surface area (Å²) in [4.78, 5) is 21.3. The van der Waals surface area contributed by atoms with Gasteiger partial charge >= 0.3 is 0 Å². The minimum Gasteiger partial charge on any atom is -0.329 e. The fourth-order valence-corrected chi connectivity index (χ4v) is 2.10. The van der Waals surface area contributed by atoms with Gasteiger partial charge in [0.15, 0.2) is 6.29 Å². The van der Waals surface area contributed by atoms with Crippen LogP contribution in [0.1, 0.15) is 21.7 Å². The first-order valence-electron chi connectivity index (χ1n) is 5.82. The van der Waals surface area contributed by atoms with Crippen LogP contribution in [0.3, 0.4) is 0 Å². The molecule has 0 atom stereocenters. The molecular weight excluding hydrogens is 262 g/mol. The van der Waals surface area contributed by atoms with E-state index in [0.29, 0.717) is 23.5 Å². The van der Waals surface area contributed by atoms with Crippen molar-refractivity contribution in [2.75, 3.05) is 11.9 Å². The summed E-state index contributed by atoms with van der Waals surface area (Å²) in [6.07, 6.45) is 0.684. The molecule has 0 spiro atoms. The first kappa shape index (κ1) is 13.5. The first-order valence-corrected chi connectivity index (χ1v) is 6.20. The zero-order valence-electron chi connectivity index (χ0n) is 11.0. The maximum atomic E-state index is 11.2. The molecule has 2 rings (SSSR count). The minimum atomic E-state index is 0.178. The molecule has 5 heteroatoms. The predicted molar refractivity (Wildman–Crippen MR) is 76.4 cm³/mol. The summed E-state index contributed by atoms with van der Waals surface area (Å²) in [6, 6.07) is 7.93. The Hall–Kier alpha value is -1.94. The molecule has 1 aromatic heterocycles. The number of aromatic nitrogens is 2. The van der Waals surface area contributed by atoms with Gasteiger partial charge in [0, 0.05) is 12.7 Å². The summed E-state index contributed by atoms with van der Waals surface area (Å²) in [5.41, 5.74) is 2.38. The second-order valence-electron chi connectivity index (χ2n) is 4.31. The van der Waals surface area contributed by atoms with Crippen LogP contribution in [0.25, 0.3) is 0 Å². The van der Waals surface area contributed by atoms with Crippen molar-refractivity contribution in [2.24, 2.45) is 0 Å². The maximum Gasteiger partial charge on any atom is 0.156 e. The lowest BCUT2D eigenvalue weighted by atomic mass is 10.2. The third-order valence-corrected chi connectivity index (χ3v) is 3.10. The molecule has 0 saturated carbocycles. The van der Waals surface area contributed by atoms with Crippen LogP contribution in [0.5, 0.6) is 0 Å². The van der Waals surface area contributed by atoms with E-state index in [1.54, 1.807) is 6.92 Å². The van der Waals surface area contributed by atoms with Crippen LogP contribution >= 0.6 is 11.6 Å². The molecule has 2 aromatic rings. The Kier molecular flexibility index (Phi) is 3.81. The Bertz CT molecular complexity index is 628. The number of aldehydes is 1. The van der Waals surface area contributed by atoms with Crippen LogP contribution < -0.4 is 4.90 Å². The van der Waals surface area contributed by atoms with E-state index in [9.17, 15) is 4.79 Å². The zero-order valence-corrected chi connectivity index (χ0v) is 11.8. The van der Waals surface area contributed by atoms with Crippen molar-refractivity contribution in [1.82, 2.24) is 9.97 Å². The molecule has 0 aliphatic rings. The van der Waals surface area contributed by atoms with E-state index in [0.717, 1.165) is 11.3 Å². The molecule has 0 aliphatic carbocycles. The monoisotopic (exact) mass is 275 g/mol. The standard InChI is InChI=1S/C14H14ClN3O/c1-9-5-4-6-11(7-9)18(3)14-12(8-19)13(15)16-10(2)17-14/h4-8H,1-3H3. The summed E-state index contributed by atoms with van der Waals surface area (Å²) < 4.78 is 0. The Labute approximate surface area is 117 Å². The van der Waals surface area contributed by atoms with E-state index >= 15 is 0 Å². The highest BCUT2D eigenvalue weighted by Crippen LogP contribution is 2.28. The Morgan fingerprint density at radius 1 is 1.26 bits per heavy atom. The van der Waals surface area contributed by atoms with Crippen LogP contribution in [0.2, 0.25) is 5.15 Å². The van der Waals surface area contributed by atoms with Crippen LogP contribution in [0.4, 0.5) is 11.5 Å². The molecule has 4 nitrogen and oxygen atoms in total. The molecule has 1 aromatic carbocycles. The van der Waals surface area contributed by atoms with Crippen LogP contribution in [-0.4, -0.2) is 23.3 Å².